The summed E-state index contributed by atoms with van der Waals surface area (Å²) in [5, 5.41) is 5.01. The quantitative estimate of drug-likeness (QED) is 0.174. The van der Waals surface area contributed by atoms with E-state index in [1.807, 2.05) is 0 Å². The average molecular weight is 695 g/mol. The molecule has 0 bridgehead atoms. The van der Waals surface area contributed by atoms with Gasteiger partial charge in [0.15, 0.2) is 0 Å². The fourth-order valence-corrected chi connectivity index (χ4v) is 9.50. The third-order valence-corrected chi connectivity index (χ3v) is 11.8. The second kappa shape index (κ2) is 12.1. The largest absolute Gasteiger partial charge is 0.310 e. The molecule has 1 heterocycles. The molecule has 1 aliphatic rings. The van der Waals surface area contributed by atoms with Crippen LogP contribution in [-0.4, -0.2) is 4.57 Å². The van der Waals surface area contributed by atoms with Gasteiger partial charge in [-0.3, -0.25) is 0 Å². The number of fused-ring (bicyclic) bond motifs is 8. The summed E-state index contributed by atoms with van der Waals surface area (Å²) >= 11 is 0. The van der Waals surface area contributed by atoms with Crippen LogP contribution < -0.4 is 4.90 Å². The summed E-state index contributed by atoms with van der Waals surface area (Å²) in [6.07, 6.45) is 0. The molecule has 0 fully saturated rings. The smallest absolute Gasteiger partial charge is 0.0543 e. The molecular weight excluding hydrogens is 653 g/mol. The second-order valence-electron chi connectivity index (χ2n) is 15.6. The van der Waals surface area contributed by atoms with Crippen LogP contribution in [0.3, 0.4) is 0 Å². The molecule has 10 rings (SSSR count). The fourth-order valence-electron chi connectivity index (χ4n) is 9.50. The first-order valence-electron chi connectivity index (χ1n) is 19.0. The zero-order valence-electron chi connectivity index (χ0n) is 31.5. The molecule has 0 saturated carbocycles. The summed E-state index contributed by atoms with van der Waals surface area (Å²) < 4.78 is 2.39. The van der Waals surface area contributed by atoms with Crippen molar-refractivity contribution in [2.24, 2.45) is 0 Å². The Kier molecular flexibility index (Phi) is 7.22. The highest BCUT2D eigenvalue weighted by Crippen LogP contribution is 2.55. The maximum atomic E-state index is 2.49. The number of para-hydroxylation sites is 3. The van der Waals surface area contributed by atoms with Gasteiger partial charge in [0.05, 0.1) is 16.7 Å². The number of nitrogens with zero attached hydrogens (tertiary/aromatic N) is 2. The van der Waals surface area contributed by atoms with E-state index in [1.54, 1.807) is 0 Å². The van der Waals surface area contributed by atoms with Gasteiger partial charge in [-0.15, -0.1) is 0 Å². The van der Waals surface area contributed by atoms with Crippen LogP contribution in [0.2, 0.25) is 0 Å². The van der Waals surface area contributed by atoms with Crippen LogP contribution in [0.5, 0.6) is 0 Å². The van der Waals surface area contributed by atoms with Gasteiger partial charge in [0.25, 0.3) is 0 Å². The van der Waals surface area contributed by atoms with E-state index in [1.165, 1.54) is 94.0 Å². The van der Waals surface area contributed by atoms with Gasteiger partial charge >= 0.3 is 0 Å². The van der Waals surface area contributed by atoms with E-state index in [4.69, 9.17) is 0 Å². The highest BCUT2D eigenvalue weighted by Gasteiger charge is 2.38. The first-order valence-corrected chi connectivity index (χ1v) is 19.0. The number of anilines is 3. The van der Waals surface area contributed by atoms with Crippen molar-refractivity contribution >= 4 is 49.6 Å². The van der Waals surface area contributed by atoms with Crippen molar-refractivity contribution in [2.75, 3.05) is 4.90 Å². The number of benzene rings is 8. The van der Waals surface area contributed by atoms with Gasteiger partial charge in [-0.05, 0) is 131 Å². The monoisotopic (exact) mass is 694 g/mol. The van der Waals surface area contributed by atoms with Crippen LogP contribution in [0.25, 0.3) is 60.5 Å². The van der Waals surface area contributed by atoms with E-state index in [2.05, 4.69) is 208 Å². The Morgan fingerprint density at radius 1 is 0.463 bits per heavy atom. The summed E-state index contributed by atoms with van der Waals surface area (Å²) in [6, 6.07) is 60.7. The summed E-state index contributed by atoms with van der Waals surface area (Å²) in [5.74, 6) is 0. The summed E-state index contributed by atoms with van der Waals surface area (Å²) in [5.41, 5.74) is 18.9. The van der Waals surface area contributed by atoms with Gasteiger partial charge in [-0.1, -0.05) is 123 Å². The Balaban J connectivity index is 1.21. The molecule has 1 aromatic heterocycles. The third kappa shape index (κ3) is 4.80. The van der Waals surface area contributed by atoms with Crippen molar-refractivity contribution < 1.29 is 0 Å². The molecule has 0 radical (unpaired) electrons. The van der Waals surface area contributed by atoms with E-state index in [0.29, 0.717) is 0 Å². The summed E-state index contributed by atoms with van der Waals surface area (Å²) in [4.78, 5) is 2.47. The van der Waals surface area contributed by atoms with Gasteiger partial charge in [-0.2, -0.15) is 0 Å². The SMILES string of the molecule is Cc1cc(C)c(-c2ccc3c(c2)C(C)(C)c2cc(N(c4ccccc4)c4ccc5c(c4)c4ccccc4n5-c4ccccc4)c4ccccc4c2-3)c(C)c1. The predicted octanol–water partition coefficient (Wildman–Crippen LogP) is 14.3. The van der Waals surface area contributed by atoms with E-state index >= 15 is 0 Å². The summed E-state index contributed by atoms with van der Waals surface area (Å²) in [6.45, 7) is 11.5. The van der Waals surface area contributed by atoms with Crippen LogP contribution in [0.4, 0.5) is 17.1 Å². The standard InChI is InChI=1S/C52H42N2/c1-33-28-34(2)50(35(3)29-33)36-24-26-43-45(30-36)52(4,5)46-32-49(40-20-12-13-22-42(40)51(43)46)53(37-16-8-6-9-17-37)39-25-27-48-44(31-39)41-21-14-15-23-47(41)54(48)38-18-10-7-11-19-38/h6-32H,1-5H3. The lowest BCUT2D eigenvalue weighted by atomic mass is 9.80. The predicted molar refractivity (Wildman–Crippen MR) is 230 cm³/mol. The normalized spacial score (nSPS) is 13.1. The zero-order valence-corrected chi connectivity index (χ0v) is 31.5. The van der Waals surface area contributed by atoms with Crippen LogP contribution in [-0.2, 0) is 5.41 Å². The van der Waals surface area contributed by atoms with Gasteiger partial charge in [0.1, 0.15) is 0 Å². The van der Waals surface area contributed by atoms with Crippen molar-refractivity contribution in [3.05, 3.63) is 192 Å². The van der Waals surface area contributed by atoms with Gasteiger partial charge in [0, 0.05) is 38.6 Å². The van der Waals surface area contributed by atoms with E-state index in [9.17, 15) is 0 Å². The van der Waals surface area contributed by atoms with Crippen molar-refractivity contribution in [1.82, 2.24) is 4.57 Å². The molecule has 9 aromatic rings. The molecule has 0 atom stereocenters. The number of aryl methyl sites for hydroxylation is 3. The number of hydrogen-bond acceptors (Lipinski definition) is 1. The molecule has 2 heteroatoms. The maximum Gasteiger partial charge on any atom is 0.0543 e. The number of rotatable bonds is 5. The Morgan fingerprint density at radius 3 is 1.83 bits per heavy atom. The van der Waals surface area contributed by atoms with Gasteiger partial charge < -0.3 is 9.47 Å². The lowest BCUT2D eigenvalue weighted by Gasteiger charge is -2.30. The minimum absolute atomic E-state index is 0.207. The summed E-state index contributed by atoms with van der Waals surface area (Å²) in [7, 11) is 0. The maximum absolute atomic E-state index is 2.49. The minimum Gasteiger partial charge on any atom is -0.310 e. The molecule has 8 aromatic carbocycles. The van der Waals surface area contributed by atoms with Crippen molar-refractivity contribution in [1.29, 1.82) is 0 Å². The lowest BCUT2D eigenvalue weighted by Crippen LogP contribution is -2.17. The minimum atomic E-state index is -0.207. The Bertz CT molecular complexity index is 2910. The highest BCUT2D eigenvalue weighted by atomic mass is 15.1. The van der Waals surface area contributed by atoms with Crippen LogP contribution in [0.1, 0.15) is 41.7 Å². The van der Waals surface area contributed by atoms with Crippen molar-refractivity contribution in [3.8, 4) is 27.9 Å². The first kappa shape index (κ1) is 32.3. The van der Waals surface area contributed by atoms with Crippen LogP contribution in [0, 0.1) is 20.8 Å². The first-order chi connectivity index (χ1) is 26.3. The van der Waals surface area contributed by atoms with Crippen molar-refractivity contribution in [2.45, 2.75) is 40.0 Å². The number of aromatic nitrogens is 1. The molecule has 0 spiro atoms. The van der Waals surface area contributed by atoms with Crippen molar-refractivity contribution in [3.63, 3.8) is 0 Å². The molecule has 54 heavy (non-hydrogen) atoms. The topological polar surface area (TPSA) is 8.17 Å². The molecule has 0 unspecified atom stereocenters. The Hall–Kier alpha value is -6.38. The van der Waals surface area contributed by atoms with Gasteiger partial charge in [0.2, 0.25) is 0 Å². The molecule has 0 saturated heterocycles. The molecule has 0 N–H and O–H groups in total. The van der Waals surface area contributed by atoms with Gasteiger partial charge in [-0.25, -0.2) is 0 Å². The Morgan fingerprint density at radius 2 is 1.09 bits per heavy atom. The Labute approximate surface area is 317 Å². The molecule has 0 amide bonds. The average Bonchev–Trinajstić information content (AvgIpc) is 3.63. The van der Waals surface area contributed by atoms with E-state index < -0.39 is 0 Å². The fraction of sp³-hybridized carbons (Fsp3) is 0.115. The second-order valence-corrected chi connectivity index (χ2v) is 15.6. The molecular formula is C52H42N2. The van der Waals surface area contributed by atoms with E-state index in [0.717, 1.165) is 11.4 Å². The third-order valence-electron chi connectivity index (χ3n) is 11.8. The van der Waals surface area contributed by atoms with Crippen LogP contribution >= 0.6 is 0 Å². The van der Waals surface area contributed by atoms with Crippen LogP contribution in [0.15, 0.2) is 164 Å². The highest BCUT2D eigenvalue weighted by molar-refractivity contribution is 6.13. The lowest BCUT2D eigenvalue weighted by molar-refractivity contribution is 0.661. The van der Waals surface area contributed by atoms with E-state index in [-0.39, 0.29) is 5.41 Å². The number of hydrogen-bond donors (Lipinski definition) is 0. The molecule has 2 nitrogen and oxygen atoms in total. The molecule has 260 valence electrons. The zero-order chi connectivity index (χ0) is 36.7. The molecule has 1 aliphatic carbocycles. The molecule has 0 aliphatic heterocycles.